The lowest BCUT2D eigenvalue weighted by Crippen LogP contribution is -2.53. The second-order valence-corrected chi connectivity index (χ2v) is 13.7. The van der Waals surface area contributed by atoms with Crippen LogP contribution in [0.3, 0.4) is 0 Å². The number of anilines is 1. The first-order chi connectivity index (χ1) is 23.0. The van der Waals surface area contributed by atoms with Crippen molar-refractivity contribution in [2.45, 2.75) is 58.0 Å². The Balaban J connectivity index is 1.85. The first-order valence-corrected chi connectivity index (χ1v) is 17.4. The molecule has 0 fully saturated rings. The van der Waals surface area contributed by atoms with E-state index < -0.39 is 28.5 Å². The Morgan fingerprint density at radius 2 is 1.44 bits per heavy atom. The van der Waals surface area contributed by atoms with E-state index in [1.807, 2.05) is 88.4 Å². The van der Waals surface area contributed by atoms with E-state index in [-0.39, 0.29) is 29.5 Å². The van der Waals surface area contributed by atoms with Crippen molar-refractivity contribution in [1.29, 1.82) is 0 Å². The molecule has 0 spiro atoms. The second-order valence-electron chi connectivity index (χ2n) is 11.9. The number of benzene rings is 4. The van der Waals surface area contributed by atoms with Crippen molar-refractivity contribution in [3.63, 3.8) is 0 Å². The molecular formula is C38H45N3O6S. The van der Waals surface area contributed by atoms with Gasteiger partial charge in [0.1, 0.15) is 12.6 Å². The second kappa shape index (κ2) is 16.3. The Morgan fingerprint density at radius 3 is 2.06 bits per heavy atom. The number of hydrogen-bond acceptors (Lipinski definition) is 6. The largest absolute Gasteiger partial charge is 0.493 e. The number of carbonyl (C=O) groups excluding carboxylic acids is 2. The topological polar surface area (TPSA) is 105 Å². The molecular weight excluding hydrogens is 627 g/mol. The summed E-state index contributed by atoms with van der Waals surface area (Å²) in [6.45, 7) is 7.67. The summed E-state index contributed by atoms with van der Waals surface area (Å²) in [4.78, 5) is 30.0. The smallest absolute Gasteiger partial charge is 0.264 e. The van der Waals surface area contributed by atoms with Crippen LogP contribution in [0.15, 0.2) is 95.9 Å². The van der Waals surface area contributed by atoms with Crippen LogP contribution in [0.4, 0.5) is 5.69 Å². The monoisotopic (exact) mass is 671 g/mol. The fourth-order valence-electron chi connectivity index (χ4n) is 5.65. The molecule has 1 atom stereocenters. The van der Waals surface area contributed by atoms with Crippen molar-refractivity contribution in [3.05, 3.63) is 119 Å². The summed E-state index contributed by atoms with van der Waals surface area (Å²) in [5.74, 6) is -0.215. The number of nitrogens with one attached hydrogen (secondary N) is 1. The van der Waals surface area contributed by atoms with Gasteiger partial charge in [-0.15, -0.1) is 0 Å². The van der Waals surface area contributed by atoms with Crippen molar-refractivity contribution in [3.8, 4) is 11.5 Å². The third-order valence-electron chi connectivity index (χ3n) is 7.97. The van der Waals surface area contributed by atoms with Gasteiger partial charge in [-0.05, 0) is 73.7 Å². The summed E-state index contributed by atoms with van der Waals surface area (Å²) >= 11 is 0. The van der Waals surface area contributed by atoms with Gasteiger partial charge in [0.15, 0.2) is 11.5 Å². The van der Waals surface area contributed by atoms with Crippen molar-refractivity contribution < 1.29 is 27.5 Å². The lowest BCUT2D eigenvalue weighted by atomic mass is 10.0. The van der Waals surface area contributed by atoms with Crippen molar-refractivity contribution >= 4 is 27.5 Å². The van der Waals surface area contributed by atoms with Crippen molar-refractivity contribution in [2.24, 2.45) is 0 Å². The Bertz CT molecular complexity index is 1810. The number of nitrogens with zero attached hydrogens (tertiary/aromatic N) is 2. The highest BCUT2D eigenvalue weighted by molar-refractivity contribution is 7.92. The predicted molar refractivity (Wildman–Crippen MR) is 189 cm³/mol. The number of aryl methyl sites for hydroxylation is 3. The van der Waals surface area contributed by atoms with Gasteiger partial charge in [-0.2, -0.15) is 0 Å². The molecule has 4 aromatic rings. The van der Waals surface area contributed by atoms with Gasteiger partial charge in [-0.3, -0.25) is 13.9 Å². The summed E-state index contributed by atoms with van der Waals surface area (Å²) < 4.78 is 40.9. The maximum absolute atomic E-state index is 14.7. The lowest BCUT2D eigenvalue weighted by molar-refractivity contribution is -0.140. The Hall–Kier alpha value is -4.83. The third-order valence-corrected chi connectivity index (χ3v) is 9.74. The third kappa shape index (κ3) is 8.95. The molecule has 10 heteroatoms. The first kappa shape index (κ1) is 36.0. The van der Waals surface area contributed by atoms with E-state index in [0.717, 1.165) is 38.5 Å². The van der Waals surface area contributed by atoms with Gasteiger partial charge in [0.2, 0.25) is 11.8 Å². The van der Waals surface area contributed by atoms with Crippen LogP contribution in [0, 0.1) is 20.8 Å². The highest BCUT2D eigenvalue weighted by atomic mass is 32.2. The number of sulfonamides is 1. The molecule has 9 nitrogen and oxygen atoms in total. The predicted octanol–water partition coefficient (Wildman–Crippen LogP) is 5.99. The highest BCUT2D eigenvalue weighted by Crippen LogP contribution is 2.33. The zero-order chi connectivity index (χ0) is 34.8. The van der Waals surface area contributed by atoms with E-state index >= 15 is 0 Å². The van der Waals surface area contributed by atoms with E-state index in [0.29, 0.717) is 18.0 Å². The van der Waals surface area contributed by atoms with Crippen LogP contribution in [0.2, 0.25) is 0 Å². The molecule has 0 aromatic heterocycles. The van der Waals surface area contributed by atoms with Crippen molar-refractivity contribution in [2.75, 3.05) is 31.6 Å². The van der Waals surface area contributed by atoms with E-state index in [9.17, 15) is 18.0 Å². The molecule has 48 heavy (non-hydrogen) atoms. The van der Waals surface area contributed by atoms with Crippen LogP contribution < -0.4 is 19.1 Å². The quantitative estimate of drug-likeness (QED) is 0.167. The SMILES string of the molecule is CCCNC(=O)C(Cc1ccccc1)N(Cc1cccc(C)c1)C(=O)CN(c1cc(C)cc(C)c1)S(=O)(=O)c1ccc(OC)c(OC)c1. The molecule has 0 saturated heterocycles. The summed E-state index contributed by atoms with van der Waals surface area (Å²) in [6, 6.07) is 26.1. The Kier molecular flexibility index (Phi) is 12.2. The summed E-state index contributed by atoms with van der Waals surface area (Å²) in [6.07, 6.45) is 0.972. The Labute approximate surface area is 284 Å². The van der Waals surface area contributed by atoms with Crippen LogP contribution in [-0.4, -0.2) is 58.5 Å². The number of ether oxygens (including phenoxy) is 2. The standard InChI is InChI=1S/C38H45N3O6S/c1-7-18-39-38(43)34(23-30-13-9-8-10-14-30)40(25-31-15-11-12-27(2)20-31)37(42)26-41(32-21-28(3)19-29(4)22-32)48(44,45)33-16-17-35(46-5)36(24-33)47-6/h8-17,19-22,24,34H,7,18,23,25-26H2,1-6H3,(H,39,43). The first-order valence-electron chi connectivity index (χ1n) is 16.0. The zero-order valence-electron chi connectivity index (χ0n) is 28.5. The highest BCUT2D eigenvalue weighted by Gasteiger charge is 2.35. The van der Waals surface area contributed by atoms with Gasteiger partial charge in [-0.25, -0.2) is 8.42 Å². The molecule has 0 aliphatic heterocycles. The molecule has 0 radical (unpaired) electrons. The lowest BCUT2D eigenvalue weighted by Gasteiger charge is -2.34. The van der Waals surface area contributed by atoms with Gasteiger partial charge in [-0.1, -0.05) is 73.2 Å². The summed E-state index contributed by atoms with van der Waals surface area (Å²) in [7, 11) is -1.42. The summed E-state index contributed by atoms with van der Waals surface area (Å²) in [5, 5.41) is 2.97. The van der Waals surface area contributed by atoms with E-state index in [1.54, 1.807) is 12.1 Å². The Morgan fingerprint density at radius 1 is 0.771 bits per heavy atom. The maximum Gasteiger partial charge on any atom is 0.264 e. The van der Waals surface area contributed by atoms with Crippen LogP contribution in [0.1, 0.15) is 41.2 Å². The minimum atomic E-state index is -4.32. The average Bonchev–Trinajstić information content (AvgIpc) is 3.07. The molecule has 0 bridgehead atoms. The molecule has 0 aliphatic carbocycles. The fraction of sp³-hybridized carbons (Fsp3) is 0.316. The number of methoxy groups -OCH3 is 2. The van der Waals surface area contributed by atoms with Crippen molar-refractivity contribution in [1.82, 2.24) is 10.2 Å². The molecule has 0 aliphatic rings. The normalized spacial score (nSPS) is 11.8. The maximum atomic E-state index is 14.7. The van der Waals surface area contributed by atoms with Gasteiger partial charge in [0.05, 0.1) is 24.8 Å². The van der Waals surface area contributed by atoms with Gasteiger partial charge in [0.25, 0.3) is 10.0 Å². The molecule has 4 rings (SSSR count). The number of carbonyl (C=O) groups is 2. The van der Waals surface area contributed by atoms with E-state index in [4.69, 9.17) is 9.47 Å². The van der Waals surface area contributed by atoms with Crippen LogP contribution in [-0.2, 0) is 32.6 Å². The molecule has 4 aromatic carbocycles. The van der Waals surface area contributed by atoms with E-state index in [2.05, 4.69) is 5.32 Å². The minimum Gasteiger partial charge on any atom is -0.493 e. The number of rotatable bonds is 15. The number of amides is 2. The van der Waals surface area contributed by atoms with Crippen LogP contribution in [0.25, 0.3) is 0 Å². The number of hydrogen-bond donors (Lipinski definition) is 1. The molecule has 2 amide bonds. The molecule has 0 heterocycles. The summed E-state index contributed by atoms with van der Waals surface area (Å²) in [5.41, 5.74) is 4.71. The van der Waals surface area contributed by atoms with Gasteiger partial charge < -0.3 is 19.7 Å². The van der Waals surface area contributed by atoms with E-state index in [1.165, 1.54) is 37.3 Å². The molecule has 254 valence electrons. The average molecular weight is 672 g/mol. The van der Waals surface area contributed by atoms with Gasteiger partial charge in [0, 0.05) is 25.6 Å². The fourth-order valence-corrected chi connectivity index (χ4v) is 7.07. The molecule has 1 N–H and O–H groups in total. The van der Waals surface area contributed by atoms with Gasteiger partial charge >= 0.3 is 0 Å². The molecule has 1 unspecified atom stereocenters. The molecule has 0 saturated carbocycles. The van der Waals surface area contributed by atoms with Crippen LogP contribution >= 0.6 is 0 Å². The minimum absolute atomic E-state index is 0.0705. The van der Waals surface area contributed by atoms with Crippen LogP contribution in [0.5, 0.6) is 11.5 Å². The zero-order valence-corrected chi connectivity index (χ0v) is 29.3.